The summed E-state index contributed by atoms with van der Waals surface area (Å²) in [6, 6.07) is 6.34. The summed E-state index contributed by atoms with van der Waals surface area (Å²) in [6.45, 7) is 6.82. The van der Waals surface area contributed by atoms with Crippen molar-refractivity contribution in [3.8, 4) is 0 Å². The number of likely N-dealkylation sites (N-methyl/N-ethyl adjacent to an activating group) is 1. The second kappa shape index (κ2) is 9.70. The Hall–Kier alpha value is -1.70. The Balaban J connectivity index is 1.86. The molecule has 0 unspecified atom stereocenters. The number of urea groups is 1. The van der Waals surface area contributed by atoms with Crippen LogP contribution in [0.5, 0.6) is 0 Å². The fraction of sp³-hybridized carbons (Fsp3) is 0.611. The van der Waals surface area contributed by atoms with Gasteiger partial charge in [-0.15, -0.1) is 0 Å². The molecule has 1 aromatic carbocycles. The molecule has 1 heterocycles. The second-order valence-corrected chi connectivity index (χ2v) is 6.61. The topological polar surface area (TPSA) is 59.1 Å². The SMILES string of the molecule is C[C@@H](CNC(=O)N(CCO)Cc1ccccc1F)N1CCN(C)CC1. The highest BCUT2D eigenvalue weighted by Crippen LogP contribution is 2.10. The van der Waals surface area contributed by atoms with Gasteiger partial charge < -0.3 is 20.2 Å². The number of rotatable bonds is 7. The standard InChI is InChI=1S/C18H29FN4O2/c1-15(22-9-7-21(2)8-10-22)13-20-18(25)23(11-12-24)14-16-5-3-4-6-17(16)19/h3-6,15,24H,7-14H2,1-2H3,(H,20,25)/t15-/m0/s1. The molecule has 0 aromatic heterocycles. The predicted octanol–water partition coefficient (Wildman–Crippen LogP) is 0.965. The number of nitrogens with one attached hydrogen (secondary N) is 1. The van der Waals surface area contributed by atoms with E-state index in [9.17, 15) is 14.3 Å². The number of nitrogens with zero attached hydrogens (tertiary/aromatic N) is 3. The summed E-state index contributed by atoms with van der Waals surface area (Å²) in [5.41, 5.74) is 0.443. The zero-order chi connectivity index (χ0) is 18.2. The number of piperazine rings is 1. The van der Waals surface area contributed by atoms with Crippen LogP contribution in [-0.4, -0.2) is 84.8 Å². The van der Waals surface area contributed by atoms with E-state index in [0.717, 1.165) is 26.2 Å². The van der Waals surface area contributed by atoms with Crippen molar-refractivity contribution in [3.05, 3.63) is 35.6 Å². The Kier molecular flexibility index (Phi) is 7.61. The fourth-order valence-electron chi connectivity index (χ4n) is 2.94. The normalized spacial score (nSPS) is 17.3. The van der Waals surface area contributed by atoms with Crippen molar-refractivity contribution in [2.24, 2.45) is 0 Å². The van der Waals surface area contributed by atoms with Crippen molar-refractivity contribution in [3.63, 3.8) is 0 Å². The van der Waals surface area contributed by atoms with E-state index in [1.807, 2.05) is 0 Å². The molecular formula is C18H29FN4O2. The largest absolute Gasteiger partial charge is 0.395 e. The number of carbonyl (C=O) groups excluding carboxylic acids is 1. The van der Waals surface area contributed by atoms with E-state index in [-0.39, 0.29) is 37.6 Å². The van der Waals surface area contributed by atoms with Gasteiger partial charge in [-0.25, -0.2) is 9.18 Å². The summed E-state index contributed by atoms with van der Waals surface area (Å²) >= 11 is 0. The highest BCUT2D eigenvalue weighted by Gasteiger charge is 2.21. The molecule has 2 N–H and O–H groups in total. The van der Waals surface area contributed by atoms with Crippen molar-refractivity contribution in [1.82, 2.24) is 20.0 Å². The van der Waals surface area contributed by atoms with Gasteiger partial charge in [-0.05, 0) is 20.0 Å². The molecule has 2 amide bonds. The van der Waals surface area contributed by atoms with Crippen LogP contribution in [0.2, 0.25) is 0 Å². The molecule has 1 saturated heterocycles. The Labute approximate surface area is 149 Å². The average Bonchev–Trinajstić information content (AvgIpc) is 2.61. The van der Waals surface area contributed by atoms with Crippen molar-refractivity contribution in [2.45, 2.75) is 19.5 Å². The molecule has 140 valence electrons. The van der Waals surface area contributed by atoms with E-state index in [2.05, 4.69) is 29.1 Å². The van der Waals surface area contributed by atoms with E-state index < -0.39 is 0 Å². The van der Waals surface area contributed by atoms with Gasteiger partial charge in [0.2, 0.25) is 0 Å². The quantitative estimate of drug-likeness (QED) is 0.768. The van der Waals surface area contributed by atoms with Crippen molar-refractivity contribution < 1.29 is 14.3 Å². The highest BCUT2D eigenvalue weighted by atomic mass is 19.1. The summed E-state index contributed by atoms with van der Waals surface area (Å²) in [6.07, 6.45) is 0. The van der Waals surface area contributed by atoms with Crippen LogP contribution >= 0.6 is 0 Å². The number of halogens is 1. The average molecular weight is 352 g/mol. The molecule has 2 rings (SSSR count). The van der Waals surface area contributed by atoms with Gasteiger partial charge in [0.1, 0.15) is 5.82 Å². The van der Waals surface area contributed by atoms with Crippen molar-refractivity contribution in [1.29, 1.82) is 0 Å². The third-order valence-electron chi connectivity index (χ3n) is 4.69. The minimum atomic E-state index is -0.343. The molecule has 0 bridgehead atoms. The summed E-state index contributed by atoms with van der Waals surface area (Å²) < 4.78 is 13.8. The molecule has 1 aliphatic rings. The number of carbonyl (C=O) groups is 1. The van der Waals surface area contributed by atoms with Crippen LogP contribution in [0.25, 0.3) is 0 Å². The summed E-state index contributed by atoms with van der Waals surface area (Å²) in [4.78, 5) is 18.5. The van der Waals surface area contributed by atoms with E-state index in [1.54, 1.807) is 18.2 Å². The second-order valence-electron chi connectivity index (χ2n) is 6.61. The Morgan fingerprint density at radius 3 is 2.64 bits per heavy atom. The zero-order valence-electron chi connectivity index (χ0n) is 15.1. The summed E-state index contributed by atoms with van der Waals surface area (Å²) in [7, 11) is 2.11. The van der Waals surface area contributed by atoms with Crippen LogP contribution in [-0.2, 0) is 6.54 Å². The van der Waals surface area contributed by atoms with Crippen LogP contribution in [0, 0.1) is 5.82 Å². The molecule has 1 aliphatic heterocycles. The lowest BCUT2D eigenvalue weighted by molar-refractivity contribution is 0.116. The summed E-state index contributed by atoms with van der Waals surface area (Å²) in [5, 5.41) is 12.1. The van der Waals surface area contributed by atoms with Crippen LogP contribution in [0.4, 0.5) is 9.18 Å². The van der Waals surface area contributed by atoms with Crippen molar-refractivity contribution in [2.75, 3.05) is 52.9 Å². The van der Waals surface area contributed by atoms with Gasteiger partial charge in [-0.2, -0.15) is 0 Å². The first kappa shape index (κ1) is 19.6. The van der Waals surface area contributed by atoms with Crippen molar-refractivity contribution >= 4 is 6.03 Å². The first-order valence-corrected chi connectivity index (χ1v) is 8.81. The van der Waals surface area contributed by atoms with E-state index in [1.165, 1.54) is 11.0 Å². The minimum Gasteiger partial charge on any atom is -0.395 e. The Bertz CT molecular complexity index is 550. The van der Waals surface area contributed by atoms with E-state index >= 15 is 0 Å². The lowest BCUT2D eigenvalue weighted by Crippen LogP contribution is -2.52. The van der Waals surface area contributed by atoms with Gasteiger partial charge in [0.25, 0.3) is 0 Å². The molecule has 1 atom stereocenters. The van der Waals surface area contributed by atoms with Gasteiger partial charge in [0.15, 0.2) is 0 Å². The molecule has 1 fully saturated rings. The number of aliphatic hydroxyl groups is 1. The van der Waals surface area contributed by atoms with Gasteiger partial charge >= 0.3 is 6.03 Å². The zero-order valence-corrected chi connectivity index (χ0v) is 15.1. The van der Waals surface area contributed by atoms with E-state index in [0.29, 0.717) is 12.1 Å². The number of aliphatic hydroxyl groups excluding tert-OH is 1. The maximum Gasteiger partial charge on any atom is 0.317 e. The van der Waals surface area contributed by atoms with Gasteiger partial charge in [-0.1, -0.05) is 18.2 Å². The molecule has 0 radical (unpaired) electrons. The molecule has 7 heteroatoms. The molecule has 0 aliphatic carbocycles. The Morgan fingerprint density at radius 1 is 1.32 bits per heavy atom. The number of amides is 2. The highest BCUT2D eigenvalue weighted by molar-refractivity contribution is 5.74. The third-order valence-corrected chi connectivity index (χ3v) is 4.69. The number of hydrogen-bond acceptors (Lipinski definition) is 4. The van der Waals surface area contributed by atoms with Crippen LogP contribution in [0.1, 0.15) is 12.5 Å². The minimum absolute atomic E-state index is 0.141. The van der Waals surface area contributed by atoms with Gasteiger partial charge in [-0.3, -0.25) is 4.90 Å². The first-order valence-electron chi connectivity index (χ1n) is 8.81. The van der Waals surface area contributed by atoms with Gasteiger partial charge in [0.05, 0.1) is 13.2 Å². The van der Waals surface area contributed by atoms with Crippen LogP contribution in [0.3, 0.4) is 0 Å². The van der Waals surface area contributed by atoms with E-state index in [4.69, 9.17) is 0 Å². The lowest BCUT2D eigenvalue weighted by Gasteiger charge is -2.36. The molecule has 0 spiro atoms. The maximum absolute atomic E-state index is 13.8. The smallest absolute Gasteiger partial charge is 0.317 e. The third kappa shape index (κ3) is 5.95. The molecular weight excluding hydrogens is 323 g/mol. The van der Waals surface area contributed by atoms with Crippen LogP contribution in [0.15, 0.2) is 24.3 Å². The molecule has 0 saturated carbocycles. The Morgan fingerprint density at radius 2 is 2.00 bits per heavy atom. The monoisotopic (exact) mass is 352 g/mol. The fourth-order valence-corrected chi connectivity index (χ4v) is 2.94. The number of hydrogen-bond donors (Lipinski definition) is 2. The van der Waals surface area contributed by atoms with Gasteiger partial charge in [0, 0.05) is 50.9 Å². The predicted molar refractivity (Wildman–Crippen MR) is 95.8 cm³/mol. The van der Waals surface area contributed by atoms with Crippen LogP contribution < -0.4 is 5.32 Å². The number of benzene rings is 1. The first-order chi connectivity index (χ1) is 12.0. The maximum atomic E-state index is 13.8. The molecule has 25 heavy (non-hydrogen) atoms. The lowest BCUT2D eigenvalue weighted by atomic mass is 10.2. The molecule has 1 aromatic rings. The summed E-state index contributed by atoms with van der Waals surface area (Å²) in [5.74, 6) is -0.343. The molecule has 6 nitrogen and oxygen atoms in total.